The third kappa shape index (κ3) is 1.68. The number of rotatable bonds is 1. The van der Waals surface area contributed by atoms with Gasteiger partial charge in [0, 0.05) is 10.9 Å². The topological polar surface area (TPSA) is 13.1 Å². The molecule has 1 nitrogen and oxygen atoms in total. The van der Waals surface area contributed by atoms with E-state index in [1.165, 1.54) is 49.9 Å². The minimum atomic E-state index is -0.387. The summed E-state index contributed by atoms with van der Waals surface area (Å²) in [6, 6.07) is 33.0. The molecule has 0 radical (unpaired) electrons. The Morgan fingerprint density at radius 1 is 0.633 bits per heavy atom. The molecule has 0 bridgehead atoms. The summed E-state index contributed by atoms with van der Waals surface area (Å²) in [4.78, 5) is 0. The molecule has 0 fully saturated rings. The van der Waals surface area contributed by atoms with Crippen LogP contribution in [0.3, 0.4) is 0 Å². The molecule has 1 aromatic heterocycles. The van der Waals surface area contributed by atoms with Gasteiger partial charge in [-0.05, 0) is 51.4 Å². The van der Waals surface area contributed by atoms with Gasteiger partial charge in [0.25, 0.3) is 0 Å². The van der Waals surface area contributed by atoms with Gasteiger partial charge in [-0.3, -0.25) is 0 Å². The molecule has 0 aliphatic heterocycles. The zero-order valence-corrected chi connectivity index (χ0v) is 16.8. The van der Waals surface area contributed by atoms with Gasteiger partial charge >= 0.3 is 0 Å². The van der Waals surface area contributed by atoms with Crippen molar-refractivity contribution in [2.24, 2.45) is 0 Å². The van der Waals surface area contributed by atoms with Crippen LogP contribution < -0.4 is 0 Å². The van der Waals surface area contributed by atoms with E-state index < -0.39 is 0 Å². The van der Waals surface area contributed by atoms with Crippen LogP contribution in [-0.2, 0) is 11.8 Å². The summed E-state index contributed by atoms with van der Waals surface area (Å²) < 4.78 is 6.74. The number of hydrogen-bond donors (Lipinski definition) is 0. The van der Waals surface area contributed by atoms with Gasteiger partial charge in [0.2, 0.25) is 0 Å². The molecule has 0 N–H and O–H groups in total. The molecular formula is C29H20O. The number of benzene rings is 4. The Bertz CT molecular complexity index is 1440. The van der Waals surface area contributed by atoms with Gasteiger partial charge in [-0.2, -0.15) is 0 Å². The molecule has 7 rings (SSSR count). The lowest BCUT2D eigenvalue weighted by atomic mass is 9.73. The Kier molecular flexibility index (Phi) is 2.99. The highest BCUT2D eigenvalue weighted by atomic mass is 16.3. The van der Waals surface area contributed by atoms with Crippen LogP contribution in [0.1, 0.15) is 34.9 Å². The van der Waals surface area contributed by atoms with Crippen molar-refractivity contribution in [2.75, 3.05) is 0 Å². The van der Waals surface area contributed by atoms with Crippen molar-refractivity contribution in [3.8, 4) is 22.3 Å². The minimum absolute atomic E-state index is 0.387. The third-order valence-corrected chi connectivity index (χ3v) is 7.07. The smallest absolute Gasteiger partial charge is 0.135 e. The Hall–Kier alpha value is -3.58. The monoisotopic (exact) mass is 384 g/mol. The van der Waals surface area contributed by atoms with Crippen LogP contribution in [-0.4, -0.2) is 0 Å². The highest BCUT2D eigenvalue weighted by molar-refractivity contribution is 6.05. The van der Waals surface area contributed by atoms with Gasteiger partial charge < -0.3 is 4.42 Å². The minimum Gasteiger partial charge on any atom is -0.459 e. The number of fused-ring (bicyclic) bond motifs is 12. The van der Waals surface area contributed by atoms with Crippen molar-refractivity contribution in [2.45, 2.75) is 18.8 Å². The molecule has 0 unspecified atom stereocenters. The van der Waals surface area contributed by atoms with Gasteiger partial charge in [-0.25, -0.2) is 0 Å². The van der Waals surface area contributed by atoms with Crippen LogP contribution in [0, 0.1) is 0 Å². The molecule has 1 spiro atoms. The van der Waals surface area contributed by atoms with Crippen molar-refractivity contribution < 1.29 is 4.42 Å². The second-order valence-electron chi connectivity index (χ2n) is 8.34. The molecule has 2 aliphatic rings. The number of para-hydroxylation sites is 1. The zero-order valence-electron chi connectivity index (χ0n) is 16.8. The van der Waals surface area contributed by atoms with Gasteiger partial charge in [0.1, 0.15) is 16.8 Å². The van der Waals surface area contributed by atoms with Crippen molar-refractivity contribution in [1.29, 1.82) is 0 Å². The summed E-state index contributed by atoms with van der Waals surface area (Å²) in [6.45, 7) is 2.25. The predicted molar refractivity (Wildman–Crippen MR) is 122 cm³/mol. The van der Waals surface area contributed by atoms with Crippen molar-refractivity contribution in [3.63, 3.8) is 0 Å². The van der Waals surface area contributed by atoms with Gasteiger partial charge in [0.15, 0.2) is 0 Å². The number of aryl methyl sites for hydroxylation is 1. The van der Waals surface area contributed by atoms with Crippen LogP contribution in [0.4, 0.5) is 0 Å². The standard InChI is InChI=1S/C29H20O/c1-2-18-10-9-16-24-26(18)27-21-13-5-8-17-25(21)30-28(27)29(24)22-14-6-3-11-19(22)20-12-4-7-15-23(20)29/h3-17H,2H2,1H3. The highest BCUT2D eigenvalue weighted by Crippen LogP contribution is 2.64. The fourth-order valence-electron chi connectivity index (χ4n) is 5.95. The molecule has 4 aromatic carbocycles. The molecule has 142 valence electrons. The third-order valence-electron chi connectivity index (χ3n) is 7.07. The van der Waals surface area contributed by atoms with Crippen molar-refractivity contribution in [3.05, 3.63) is 119 Å². The summed E-state index contributed by atoms with van der Waals surface area (Å²) in [6.07, 6.45) is 1.00. The van der Waals surface area contributed by atoms with Gasteiger partial charge in [-0.15, -0.1) is 0 Å². The Morgan fingerprint density at radius 3 is 2.00 bits per heavy atom. The van der Waals surface area contributed by atoms with Crippen LogP contribution in [0.2, 0.25) is 0 Å². The van der Waals surface area contributed by atoms with Crippen molar-refractivity contribution >= 4 is 11.0 Å². The first-order chi connectivity index (χ1) is 14.9. The van der Waals surface area contributed by atoms with Crippen LogP contribution in [0.25, 0.3) is 33.2 Å². The van der Waals surface area contributed by atoms with Crippen LogP contribution in [0.5, 0.6) is 0 Å². The molecule has 5 aromatic rings. The maximum Gasteiger partial charge on any atom is 0.135 e. The van der Waals surface area contributed by atoms with Crippen LogP contribution >= 0.6 is 0 Å². The van der Waals surface area contributed by atoms with E-state index in [-0.39, 0.29) is 5.41 Å². The second kappa shape index (κ2) is 5.52. The molecule has 2 aliphatic carbocycles. The van der Waals surface area contributed by atoms with Gasteiger partial charge in [0.05, 0.1) is 0 Å². The molecule has 1 heteroatoms. The van der Waals surface area contributed by atoms with E-state index >= 15 is 0 Å². The Morgan fingerprint density at radius 2 is 1.27 bits per heavy atom. The fraction of sp³-hybridized carbons (Fsp3) is 0.103. The largest absolute Gasteiger partial charge is 0.459 e. The summed E-state index contributed by atoms with van der Waals surface area (Å²) in [7, 11) is 0. The lowest BCUT2D eigenvalue weighted by Gasteiger charge is -2.28. The number of hydrogen-bond acceptors (Lipinski definition) is 1. The van der Waals surface area contributed by atoms with E-state index in [0.717, 1.165) is 17.8 Å². The van der Waals surface area contributed by atoms with E-state index in [1.807, 2.05) is 0 Å². The van der Waals surface area contributed by atoms with E-state index in [4.69, 9.17) is 4.42 Å². The Balaban J connectivity index is 1.76. The van der Waals surface area contributed by atoms with Crippen molar-refractivity contribution in [1.82, 2.24) is 0 Å². The summed E-state index contributed by atoms with van der Waals surface area (Å²) in [5.74, 6) is 1.08. The van der Waals surface area contributed by atoms with Gasteiger partial charge in [-0.1, -0.05) is 91.9 Å². The Labute approximate surface area is 175 Å². The first-order valence-electron chi connectivity index (χ1n) is 10.7. The van der Waals surface area contributed by atoms with E-state index in [2.05, 4.69) is 97.9 Å². The molecule has 0 saturated heterocycles. The van der Waals surface area contributed by atoms with E-state index in [1.54, 1.807) is 0 Å². The summed E-state index contributed by atoms with van der Waals surface area (Å²) in [5.41, 5.74) is 11.3. The lowest BCUT2D eigenvalue weighted by Crippen LogP contribution is -2.25. The first-order valence-corrected chi connectivity index (χ1v) is 10.7. The van der Waals surface area contributed by atoms with Crippen LogP contribution in [0.15, 0.2) is 95.4 Å². The molecule has 1 heterocycles. The molecule has 30 heavy (non-hydrogen) atoms. The molecule has 0 atom stereocenters. The summed E-state index contributed by atoms with van der Waals surface area (Å²) in [5, 5.41) is 1.22. The average Bonchev–Trinajstić information content (AvgIpc) is 3.42. The molecule has 0 saturated carbocycles. The SMILES string of the molecule is CCc1cccc2c1-c1c(oc3ccccc13)C21c2ccccc2-c2ccccc21. The first kappa shape index (κ1) is 16.2. The number of furan rings is 1. The fourth-order valence-corrected chi connectivity index (χ4v) is 5.95. The molecule has 0 amide bonds. The second-order valence-corrected chi connectivity index (χ2v) is 8.34. The zero-order chi connectivity index (χ0) is 19.9. The van der Waals surface area contributed by atoms with E-state index in [9.17, 15) is 0 Å². The normalized spacial score (nSPS) is 14.6. The molecular weight excluding hydrogens is 364 g/mol. The average molecular weight is 384 g/mol. The maximum atomic E-state index is 6.74. The quantitative estimate of drug-likeness (QED) is 0.289. The summed E-state index contributed by atoms with van der Waals surface area (Å²) >= 11 is 0. The highest BCUT2D eigenvalue weighted by Gasteiger charge is 2.55. The maximum absolute atomic E-state index is 6.74. The predicted octanol–water partition coefficient (Wildman–Crippen LogP) is 7.34. The van der Waals surface area contributed by atoms with E-state index in [0.29, 0.717) is 0 Å². The lowest BCUT2D eigenvalue weighted by molar-refractivity contribution is 0.506.